The molecule has 0 amide bonds. The first-order chi connectivity index (χ1) is 12.0. The Morgan fingerprint density at radius 2 is 1.84 bits per heavy atom. The molecule has 0 spiro atoms. The third kappa shape index (κ3) is 3.72. The van der Waals surface area contributed by atoms with E-state index in [1.54, 1.807) is 24.3 Å². The van der Waals surface area contributed by atoms with Crippen LogP contribution in [0.2, 0.25) is 0 Å². The van der Waals surface area contributed by atoms with Crippen LogP contribution in [-0.2, 0) is 0 Å². The van der Waals surface area contributed by atoms with E-state index in [0.717, 1.165) is 16.8 Å². The van der Waals surface area contributed by atoms with Gasteiger partial charge in [-0.3, -0.25) is 10.1 Å². The van der Waals surface area contributed by atoms with E-state index >= 15 is 0 Å². The van der Waals surface area contributed by atoms with Crippen molar-refractivity contribution in [3.63, 3.8) is 0 Å². The Bertz CT molecular complexity index is 913. The van der Waals surface area contributed by atoms with E-state index < -0.39 is 4.92 Å². The van der Waals surface area contributed by atoms with Crippen LogP contribution in [0.15, 0.2) is 54.9 Å². The van der Waals surface area contributed by atoms with Crippen molar-refractivity contribution in [2.24, 2.45) is 0 Å². The van der Waals surface area contributed by atoms with Crippen LogP contribution < -0.4 is 10.1 Å². The predicted molar refractivity (Wildman–Crippen MR) is 94.4 cm³/mol. The van der Waals surface area contributed by atoms with Crippen molar-refractivity contribution < 1.29 is 9.66 Å². The van der Waals surface area contributed by atoms with Crippen LogP contribution in [0.5, 0.6) is 11.6 Å². The Balaban J connectivity index is 1.99. The molecule has 1 aromatic heterocycles. The molecule has 3 aromatic rings. The minimum Gasteiger partial charge on any atom is -0.434 e. The maximum atomic E-state index is 11.6. The second kappa shape index (κ2) is 6.96. The molecular formula is C18H16N4O3. The number of hydrogen-bond donors (Lipinski definition) is 1. The molecule has 0 unspecified atom stereocenters. The Morgan fingerprint density at radius 3 is 2.52 bits per heavy atom. The number of benzene rings is 2. The number of hydrogen-bond acceptors (Lipinski definition) is 6. The van der Waals surface area contributed by atoms with Gasteiger partial charge in [0.05, 0.1) is 4.92 Å². The highest BCUT2D eigenvalue weighted by atomic mass is 16.6. The molecule has 0 aliphatic carbocycles. The van der Waals surface area contributed by atoms with Crippen LogP contribution >= 0.6 is 0 Å². The summed E-state index contributed by atoms with van der Waals surface area (Å²) in [6, 6.07) is 14.5. The molecule has 0 atom stereocenters. The maximum Gasteiger partial charge on any atom is 0.373 e. The summed E-state index contributed by atoms with van der Waals surface area (Å²) in [5.74, 6) is 0.429. The molecule has 0 radical (unpaired) electrons. The lowest BCUT2D eigenvalue weighted by molar-refractivity contribution is -0.385. The van der Waals surface area contributed by atoms with Gasteiger partial charge in [-0.25, -0.2) is 4.98 Å². The second-order valence-corrected chi connectivity index (χ2v) is 5.49. The molecule has 0 bridgehead atoms. The van der Waals surface area contributed by atoms with Crippen LogP contribution in [0.25, 0.3) is 0 Å². The minimum atomic E-state index is -0.551. The lowest BCUT2D eigenvalue weighted by atomic mass is 10.1. The van der Waals surface area contributed by atoms with E-state index in [2.05, 4.69) is 15.3 Å². The molecular weight excluding hydrogens is 320 g/mol. The van der Waals surface area contributed by atoms with Gasteiger partial charge in [-0.05, 0) is 37.6 Å². The smallest absolute Gasteiger partial charge is 0.373 e. The van der Waals surface area contributed by atoms with Crippen molar-refractivity contribution in [2.75, 3.05) is 5.32 Å². The van der Waals surface area contributed by atoms with Crippen LogP contribution in [-0.4, -0.2) is 14.9 Å². The Labute approximate surface area is 144 Å². The molecule has 0 saturated heterocycles. The quantitative estimate of drug-likeness (QED) is 0.543. The summed E-state index contributed by atoms with van der Waals surface area (Å²) in [5, 5.41) is 14.6. The van der Waals surface area contributed by atoms with Crippen LogP contribution in [0.1, 0.15) is 11.1 Å². The highest BCUT2D eigenvalue weighted by Crippen LogP contribution is 2.35. The summed E-state index contributed by atoms with van der Waals surface area (Å²) in [6.45, 7) is 3.90. The van der Waals surface area contributed by atoms with Gasteiger partial charge >= 0.3 is 11.6 Å². The predicted octanol–water partition coefficient (Wildman–Crippen LogP) is 4.54. The summed E-state index contributed by atoms with van der Waals surface area (Å²) in [4.78, 5) is 19.0. The summed E-state index contributed by atoms with van der Waals surface area (Å²) in [5.41, 5.74) is 2.48. The standard InChI is InChI=1S/C18H16N4O3/c1-12-8-9-15(13(2)10-12)21-17-16(22(23)24)18(20-11-19-17)25-14-6-4-3-5-7-14/h3-11H,1-2H3,(H,19,20,21). The zero-order valence-electron chi connectivity index (χ0n) is 13.8. The highest BCUT2D eigenvalue weighted by molar-refractivity contribution is 5.70. The Kier molecular flexibility index (Phi) is 4.56. The van der Waals surface area contributed by atoms with E-state index in [-0.39, 0.29) is 17.4 Å². The topological polar surface area (TPSA) is 90.2 Å². The largest absolute Gasteiger partial charge is 0.434 e. The number of nitrogens with zero attached hydrogens (tertiary/aromatic N) is 3. The summed E-state index contributed by atoms with van der Waals surface area (Å²) < 4.78 is 5.57. The highest BCUT2D eigenvalue weighted by Gasteiger charge is 2.25. The Morgan fingerprint density at radius 1 is 1.08 bits per heavy atom. The fraction of sp³-hybridized carbons (Fsp3) is 0.111. The summed E-state index contributed by atoms with van der Waals surface area (Å²) in [7, 11) is 0. The van der Waals surface area contributed by atoms with Crippen molar-refractivity contribution in [3.8, 4) is 11.6 Å². The van der Waals surface area contributed by atoms with E-state index in [4.69, 9.17) is 4.74 Å². The van der Waals surface area contributed by atoms with Gasteiger partial charge in [0.25, 0.3) is 0 Å². The number of para-hydroxylation sites is 1. The number of anilines is 2. The molecule has 1 N–H and O–H groups in total. The average Bonchev–Trinajstić information content (AvgIpc) is 2.58. The molecule has 0 aliphatic heterocycles. The summed E-state index contributed by atoms with van der Waals surface area (Å²) in [6.07, 6.45) is 1.23. The molecule has 0 saturated carbocycles. The van der Waals surface area contributed by atoms with Crippen molar-refractivity contribution in [2.45, 2.75) is 13.8 Å². The van der Waals surface area contributed by atoms with Gasteiger partial charge in [0.1, 0.15) is 12.1 Å². The molecule has 1 heterocycles. The van der Waals surface area contributed by atoms with Crippen LogP contribution in [0.4, 0.5) is 17.2 Å². The molecule has 25 heavy (non-hydrogen) atoms. The Hall–Kier alpha value is -3.48. The number of nitro groups is 1. The van der Waals surface area contributed by atoms with Gasteiger partial charge in [-0.1, -0.05) is 35.9 Å². The second-order valence-electron chi connectivity index (χ2n) is 5.49. The fourth-order valence-corrected chi connectivity index (χ4v) is 2.37. The zero-order valence-corrected chi connectivity index (χ0v) is 13.8. The van der Waals surface area contributed by atoms with Crippen molar-refractivity contribution in [3.05, 3.63) is 76.1 Å². The molecule has 126 valence electrons. The molecule has 0 fully saturated rings. The third-order valence-corrected chi connectivity index (χ3v) is 3.56. The number of rotatable bonds is 5. The molecule has 0 aliphatic rings. The molecule has 2 aromatic carbocycles. The molecule has 7 heteroatoms. The van der Waals surface area contributed by atoms with Gasteiger partial charge in [0.2, 0.25) is 5.82 Å². The summed E-state index contributed by atoms with van der Waals surface area (Å²) >= 11 is 0. The van der Waals surface area contributed by atoms with E-state index in [1.807, 2.05) is 38.1 Å². The first kappa shape index (κ1) is 16.4. The van der Waals surface area contributed by atoms with E-state index in [9.17, 15) is 10.1 Å². The van der Waals surface area contributed by atoms with Crippen LogP contribution in [0, 0.1) is 24.0 Å². The van der Waals surface area contributed by atoms with Crippen molar-refractivity contribution >= 4 is 17.2 Å². The average molecular weight is 336 g/mol. The van der Waals surface area contributed by atoms with Gasteiger partial charge in [0.15, 0.2) is 0 Å². The van der Waals surface area contributed by atoms with E-state index in [1.165, 1.54) is 6.33 Å². The number of aryl methyl sites for hydroxylation is 2. The zero-order chi connectivity index (χ0) is 17.8. The number of aromatic nitrogens is 2. The van der Waals surface area contributed by atoms with Crippen molar-refractivity contribution in [1.82, 2.24) is 9.97 Å². The first-order valence-corrected chi connectivity index (χ1v) is 7.61. The van der Waals surface area contributed by atoms with Gasteiger partial charge in [0, 0.05) is 5.69 Å². The monoisotopic (exact) mass is 336 g/mol. The number of nitrogens with one attached hydrogen (secondary N) is 1. The first-order valence-electron chi connectivity index (χ1n) is 7.61. The minimum absolute atomic E-state index is 0.0814. The van der Waals surface area contributed by atoms with Crippen LogP contribution in [0.3, 0.4) is 0 Å². The van der Waals surface area contributed by atoms with Gasteiger partial charge in [-0.15, -0.1) is 0 Å². The molecule has 3 rings (SSSR count). The normalized spacial score (nSPS) is 10.3. The molecule has 7 nitrogen and oxygen atoms in total. The van der Waals surface area contributed by atoms with Gasteiger partial charge in [-0.2, -0.15) is 4.98 Å². The maximum absolute atomic E-state index is 11.6. The lowest BCUT2D eigenvalue weighted by Crippen LogP contribution is -2.04. The third-order valence-electron chi connectivity index (χ3n) is 3.56. The lowest BCUT2D eigenvalue weighted by Gasteiger charge is -2.11. The van der Waals surface area contributed by atoms with E-state index in [0.29, 0.717) is 5.75 Å². The van der Waals surface area contributed by atoms with Crippen molar-refractivity contribution in [1.29, 1.82) is 0 Å². The SMILES string of the molecule is Cc1ccc(Nc2ncnc(Oc3ccccc3)c2[N+](=O)[O-])c(C)c1. The fourth-order valence-electron chi connectivity index (χ4n) is 2.37. The van der Waals surface area contributed by atoms with Gasteiger partial charge < -0.3 is 10.1 Å². The number of ether oxygens (including phenoxy) is 1.